The number of rotatable bonds is 7. The van der Waals surface area contributed by atoms with Gasteiger partial charge in [-0.1, -0.05) is 22.9 Å². The van der Waals surface area contributed by atoms with E-state index in [0.29, 0.717) is 23.6 Å². The molecular formula is C17H23N3O4S. The summed E-state index contributed by atoms with van der Waals surface area (Å²) in [5.41, 5.74) is 2.33. The lowest BCUT2D eigenvalue weighted by Gasteiger charge is -2.16. The summed E-state index contributed by atoms with van der Waals surface area (Å²) in [4.78, 5) is 13.8. The number of hydrogen-bond donors (Lipinski definition) is 1. The lowest BCUT2D eigenvalue weighted by Crippen LogP contribution is -2.32. The summed E-state index contributed by atoms with van der Waals surface area (Å²) in [5, 5.41) is 3.83. The minimum absolute atomic E-state index is 0.0384. The minimum atomic E-state index is -3.63. The van der Waals surface area contributed by atoms with Crippen molar-refractivity contribution in [2.24, 2.45) is 0 Å². The number of carbonyl (C=O) groups is 1. The van der Waals surface area contributed by atoms with E-state index in [0.717, 1.165) is 5.56 Å². The molecule has 0 spiro atoms. The summed E-state index contributed by atoms with van der Waals surface area (Å²) in [6.45, 7) is 5.79. The number of hydrogen-bond acceptors (Lipinski definition) is 5. The molecule has 0 unspecified atom stereocenters. The second kappa shape index (κ2) is 7.79. The molecule has 0 aliphatic heterocycles. The van der Waals surface area contributed by atoms with E-state index in [9.17, 15) is 13.2 Å². The van der Waals surface area contributed by atoms with E-state index in [1.54, 1.807) is 39.1 Å². The Balaban J connectivity index is 1.89. The molecule has 25 heavy (non-hydrogen) atoms. The molecule has 1 heterocycles. The lowest BCUT2D eigenvalue weighted by molar-refractivity contribution is -0.130. The maximum atomic E-state index is 12.4. The standard InChI is InChI=1S/C17H23N3O4S/c1-12-5-6-16(13(2)9-12)25(22,23)18-8-7-17(21)20(4)11-15-10-14(3)24-19-15/h5-6,9-10,18H,7-8,11H2,1-4H3. The molecule has 2 rings (SSSR count). The van der Waals surface area contributed by atoms with Gasteiger partial charge in [-0.3, -0.25) is 4.79 Å². The van der Waals surface area contributed by atoms with Crippen molar-refractivity contribution in [3.8, 4) is 0 Å². The van der Waals surface area contributed by atoms with Crippen molar-refractivity contribution in [3.05, 3.63) is 46.8 Å². The van der Waals surface area contributed by atoms with Gasteiger partial charge in [0.25, 0.3) is 0 Å². The molecular weight excluding hydrogens is 342 g/mol. The van der Waals surface area contributed by atoms with Crippen molar-refractivity contribution in [3.63, 3.8) is 0 Å². The maximum absolute atomic E-state index is 12.4. The number of nitrogens with zero attached hydrogens (tertiary/aromatic N) is 2. The number of carbonyl (C=O) groups excluding carboxylic acids is 1. The normalized spacial score (nSPS) is 11.5. The Hall–Kier alpha value is -2.19. The van der Waals surface area contributed by atoms with Crippen LogP contribution in [0, 0.1) is 20.8 Å². The van der Waals surface area contributed by atoms with Gasteiger partial charge < -0.3 is 9.42 Å². The summed E-state index contributed by atoms with van der Waals surface area (Å²) in [7, 11) is -1.99. The zero-order valence-corrected chi connectivity index (χ0v) is 15.7. The highest BCUT2D eigenvalue weighted by Crippen LogP contribution is 2.16. The molecule has 136 valence electrons. The highest BCUT2D eigenvalue weighted by atomic mass is 32.2. The Morgan fingerprint density at radius 3 is 2.56 bits per heavy atom. The zero-order chi connectivity index (χ0) is 18.6. The van der Waals surface area contributed by atoms with Crippen LogP contribution >= 0.6 is 0 Å². The Bertz CT molecular complexity index is 859. The van der Waals surface area contributed by atoms with Crippen LogP contribution in [0.15, 0.2) is 33.7 Å². The van der Waals surface area contributed by atoms with Gasteiger partial charge in [0, 0.05) is 26.1 Å². The van der Waals surface area contributed by atoms with Crippen LogP contribution in [-0.2, 0) is 21.4 Å². The van der Waals surface area contributed by atoms with E-state index >= 15 is 0 Å². The maximum Gasteiger partial charge on any atom is 0.240 e. The van der Waals surface area contributed by atoms with E-state index in [2.05, 4.69) is 9.88 Å². The molecule has 8 heteroatoms. The number of aryl methyl sites for hydroxylation is 3. The van der Waals surface area contributed by atoms with Gasteiger partial charge in [0.15, 0.2) is 0 Å². The molecule has 1 aromatic heterocycles. The van der Waals surface area contributed by atoms with Crippen LogP contribution in [0.25, 0.3) is 0 Å². The molecule has 0 fully saturated rings. The Kier molecular flexibility index (Phi) is 5.97. The molecule has 2 aromatic rings. The predicted octanol–water partition coefficient (Wildman–Crippen LogP) is 1.93. The molecule has 1 N–H and O–H groups in total. The minimum Gasteiger partial charge on any atom is -0.361 e. The molecule has 1 amide bonds. The topological polar surface area (TPSA) is 92.5 Å². The van der Waals surface area contributed by atoms with Crippen LogP contribution in [0.1, 0.15) is 29.0 Å². The number of sulfonamides is 1. The first-order valence-corrected chi connectivity index (χ1v) is 9.40. The summed E-state index contributed by atoms with van der Waals surface area (Å²) in [6, 6.07) is 6.90. The van der Waals surface area contributed by atoms with Crippen LogP contribution in [0.2, 0.25) is 0 Å². The first kappa shape index (κ1) is 19.1. The fraction of sp³-hybridized carbons (Fsp3) is 0.412. The summed E-state index contributed by atoms with van der Waals surface area (Å²) >= 11 is 0. The van der Waals surface area contributed by atoms with E-state index in [4.69, 9.17) is 4.52 Å². The molecule has 0 aliphatic rings. The van der Waals surface area contributed by atoms with Gasteiger partial charge in [0.2, 0.25) is 15.9 Å². The summed E-state index contributed by atoms with van der Waals surface area (Å²) < 4.78 is 32.1. The molecule has 0 radical (unpaired) electrons. The zero-order valence-electron chi connectivity index (χ0n) is 14.9. The number of benzene rings is 1. The van der Waals surface area contributed by atoms with Crippen molar-refractivity contribution < 1.29 is 17.7 Å². The molecule has 0 bridgehead atoms. The van der Waals surface area contributed by atoms with Crippen LogP contribution in [0.4, 0.5) is 0 Å². The second-order valence-electron chi connectivity index (χ2n) is 6.10. The van der Waals surface area contributed by atoms with Crippen LogP contribution in [0.5, 0.6) is 0 Å². The highest BCUT2D eigenvalue weighted by molar-refractivity contribution is 7.89. The predicted molar refractivity (Wildman–Crippen MR) is 93.4 cm³/mol. The monoisotopic (exact) mass is 365 g/mol. The Morgan fingerprint density at radius 2 is 1.96 bits per heavy atom. The molecule has 0 aliphatic carbocycles. The second-order valence-corrected chi connectivity index (χ2v) is 7.83. The first-order chi connectivity index (χ1) is 11.7. The van der Waals surface area contributed by atoms with E-state index < -0.39 is 10.0 Å². The number of nitrogens with one attached hydrogen (secondary N) is 1. The molecule has 0 atom stereocenters. The Labute approximate surface area is 148 Å². The van der Waals surface area contributed by atoms with Crippen LogP contribution < -0.4 is 4.72 Å². The first-order valence-electron chi connectivity index (χ1n) is 7.92. The largest absolute Gasteiger partial charge is 0.361 e. The van der Waals surface area contributed by atoms with Gasteiger partial charge >= 0.3 is 0 Å². The fourth-order valence-corrected chi connectivity index (χ4v) is 3.74. The smallest absolute Gasteiger partial charge is 0.240 e. The summed E-state index contributed by atoms with van der Waals surface area (Å²) in [6.07, 6.45) is 0.0669. The summed E-state index contributed by atoms with van der Waals surface area (Å²) in [5.74, 6) is 0.501. The van der Waals surface area contributed by atoms with Crippen molar-refractivity contribution in [1.29, 1.82) is 0 Å². The molecule has 0 saturated heterocycles. The van der Waals surface area contributed by atoms with Crippen LogP contribution in [-0.4, -0.2) is 38.0 Å². The average Bonchev–Trinajstić information content (AvgIpc) is 2.91. The van der Waals surface area contributed by atoms with Gasteiger partial charge in [-0.15, -0.1) is 0 Å². The number of amides is 1. The van der Waals surface area contributed by atoms with Gasteiger partial charge in [-0.2, -0.15) is 0 Å². The molecule has 7 nitrogen and oxygen atoms in total. The van der Waals surface area contributed by atoms with Crippen molar-refractivity contribution in [1.82, 2.24) is 14.8 Å². The van der Waals surface area contributed by atoms with E-state index in [1.807, 2.05) is 13.0 Å². The van der Waals surface area contributed by atoms with Crippen molar-refractivity contribution in [2.75, 3.05) is 13.6 Å². The highest BCUT2D eigenvalue weighted by Gasteiger charge is 2.18. The molecule has 0 saturated carbocycles. The lowest BCUT2D eigenvalue weighted by atomic mass is 10.2. The van der Waals surface area contributed by atoms with Gasteiger partial charge in [-0.05, 0) is 32.4 Å². The third-order valence-electron chi connectivity index (χ3n) is 3.75. The van der Waals surface area contributed by atoms with E-state index in [-0.39, 0.29) is 23.8 Å². The third kappa shape index (κ3) is 5.14. The SMILES string of the molecule is Cc1ccc(S(=O)(=O)NCCC(=O)N(C)Cc2cc(C)on2)c(C)c1. The van der Waals surface area contributed by atoms with E-state index in [1.165, 1.54) is 4.90 Å². The average molecular weight is 365 g/mol. The quantitative estimate of drug-likeness (QED) is 0.809. The van der Waals surface area contributed by atoms with Crippen molar-refractivity contribution in [2.45, 2.75) is 38.6 Å². The number of aromatic nitrogens is 1. The fourth-order valence-electron chi connectivity index (χ4n) is 2.49. The van der Waals surface area contributed by atoms with Crippen molar-refractivity contribution >= 4 is 15.9 Å². The van der Waals surface area contributed by atoms with Gasteiger partial charge in [-0.25, -0.2) is 13.1 Å². The van der Waals surface area contributed by atoms with Crippen LogP contribution in [0.3, 0.4) is 0 Å². The third-order valence-corrected chi connectivity index (χ3v) is 5.37. The Morgan fingerprint density at radius 1 is 1.24 bits per heavy atom. The van der Waals surface area contributed by atoms with Gasteiger partial charge in [0.1, 0.15) is 11.5 Å². The van der Waals surface area contributed by atoms with Gasteiger partial charge in [0.05, 0.1) is 11.4 Å². The molecule has 1 aromatic carbocycles.